The molecule has 0 bridgehead atoms. The normalized spacial score (nSPS) is 13.9. The average molecular weight is 626 g/mol. The molecule has 0 radical (unpaired) electrons. The highest BCUT2D eigenvalue weighted by Gasteiger charge is 2.28. The van der Waals surface area contributed by atoms with Crippen molar-refractivity contribution in [1.82, 2.24) is 9.47 Å². The Kier molecular flexibility index (Phi) is 8.75. The number of carbonyl (C=O) groups excluding carboxylic acids is 1. The number of hydrogen-bond donors (Lipinski definition) is 0. The maximum Gasteiger partial charge on any atom is 0.223 e. The van der Waals surface area contributed by atoms with Crippen LogP contribution in [0.1, 0.15) is 29.0 Å². The second-order valence-corrected chi connectivity index (χ2v) is 12.2. The second kappa shape index (κ2) is 13.6. The summed E-state index contributed by atoms with van der Waals surface area (Å²) < 4.78 is 8.56. The van der Waals surface area contributed by atoms with Crippen LogP contribution in [0, 0.1) is 0 Å². The zero-order valence-electron chi connectivity index (χ0n) is 25.6. The van der Waals surface area contributed by atoms with E-state index >= 15 is 0 Å². The van der Waals surface area contributed by atoms with E-state index in [2.05, 4.69) is 82.4 Å². The van der Waals surface area contributed by atoms with E-state index in [-0.39, 0.29) is 11.8 Å². The third-order valence-electron chi connectivity index (χ3n) is 8.81. The lowest BCUT2D eigenvalue weighted by Gasteiger charge is -2.36. The molecule has 1 saturated heterocycles. The van der Waals surface area contributed by atoms with Crippen LogP contribution in [0.15, 0.2) is 140 Å². The van der Waals surface area contributed by atoms with Crippen LogP contribution in [0.2, 0.25) is 5.02 Å². The molecule has 1 unspecified atom stereocenters. The summed E-state index contributed by atoms with van der Waals surface area (Å²) in [5.74, 6) is 1.54. The Labute approximate surface area is 275 Å². The minimum absolute atomic E-state index is 0.153. The number of aromatic nitrogens is 1. The van der Waals surface area contributed by atoms with Crippen molar-refractivity contribution in [3.63, 3.8) is 0 Å². The lowest BCUT2D eigenvalue weighted by molar-refractivity contribution is -0.131. The van der Waals surface area contributed by atoms with E-state index in [9.17, 15) is 4.79 Å². The lowest BCUT2D eigenvalue weighted by Crippen LogP contribution is -2.49. The number of amides is 1. The molecule has 0 saturated carbocycles. The molecule has 7 rings (SSSR count). The summed E-state index contributed by atoms with van der Waals surface area (Å²) in [7, 11) is 0. The molecule has 5 nitrogen and oxygen atoms in total. The Hall–Kier alpha value is -5.00. The van der Waals surface area contributed by atoms with E-state index in [4.69, 9.17) is 16.3 Å². The molecule has 1 aliphatic rings. The van der Waals surface area contributed by atoms with E-state index in [1.807, 2.05) is 71.6 Å². The molecule has 6 aromatic rings. The number of ether oxygens (including phenoxy) is 1. The summed E-state index contributed by atoms with van der Waals surface area (Å²) in [5.41, 5.74) is 5.69. The van der Waals surface area contributed by atoms with Gasteiger partial charge in [-0.15, -0.1) is 0 Å². The molecule has 230 valence electrons. The molecule has 1 aliphatic heterocycles. The number of hydrogen-bond acceptors (Lipinski definition) is 3. The van der Waals surface area contributed by atoms with Crippen LogP contribution in [0.25, 0.3) is 10.9 Å². The Balaban J connectivity index is 1.20. The predicted molar refractivity (Wildman–Crippen MR) is 187 cm³/mol. The topological polar surface area (TPSA) is 37.7 Å². The minimum Gasteiger partial charge on any atom is -0.457 e. The van der Waals surface area contributed by atoms with Crippen LogP contribution in [-0.4, -0.2) is 41.6 Å². The van der Waals surface area contributed by atoms with Crippen LogP contribution >= 0.6 is 11.6 Å². The van der Waals surface area contributed by atoms with Gasteiger partial charge in [0, 0.05) is 72.9 Å². The van der Waals surface area contributed by atoms with Gasteiger partial charge in [-0.25, -0.2) is 0 Å². The molecule has 1 aromatic heterocycles. The SMILES string of the molecule is O=C(CC(c1cccc(Oc2ccccc2)c1)c1cn(Cc2ccccc2)c2ccccc12)N1CCN(c2cccc(Cl)c2)CC1. The molecule has 5 aromatic carbocycles. The molecular weight excluding hydrogens is 590 g/mol. The van der Waals surface area contributed by atoms with Crippen LogP contribution < -0.4 is 9.64 Å². The third-order valence-corrected chi connectivity index (χ3v) is 9.05. The highest BCUT2D eigenvalue weighted by atomic mass is 35.5. The average Bonchev–Trinajstić information content (AvgIpc) is 3.46. The van der Waals surface area contributed by atoms with Gasteiger partial charge in [0.05, 0.1) is 0 Å². The fourth-order valence-corrected chi connectivity index (χ4v) is 6.67. The smallest absolute Gasteiger partial charge is 0.223 e. The van der Waals surface area contributed by atoms with Crippen LogP contribution in [0.3, 0.4) is 0 Å². The monoisotopic (exact) mass is 625 g/mol. The molecule has 46 heavy (non-hydrogen) atoms. The molecule has 0 aliphatic carbocycles. The number of piperazine rings is 1. The summed E-state index contributed by atoms with van der Waals surface area (Å²) in [4.78, 5) is 18.4. The van der Waals surface area contributed by atoms with Crippen molar-refractivity contribution in [2.75, 3.05) is 31.1 Å². The van der Waals surface area contributed by atoms with Crippen molar-refractivity contribution in [3.8, 4) is 11.5 Å². The fourth-order valence-electron chi connectivity index (χ4n) is 6.48. The van der Waals surface area contributed by atoms with Crippen molar-refractivity contribution in [1.29, 1.82) is 0 Å². The van der Waals surface area contributed by atoms with Crippen LogP contribution in [0.5, 0.6) is 11.5 Å². The summed E-state index contributed by atoms with van der Waals surface area (Å²) in [6.07, 6.45) is 2.61. The first-order valence-corrected chi connectivity index (χ1v) is 16.2. The highest BCUT2D eigenvalue weighted by molar-refractivity contribution is 6.30. The first kappa shape index (κ1) is 29.7. The van der Waals surface area contributed by atoms with Crippen LogP contribution in [-0.2, 0) is 11.3 Å². The number of halogens is 1. The molecule has 6 heteroatoms. The zero-order chi connectivity index (χ0) is 31.3. The molecule has 1 amide bonds. The van der Waals surface area contributed by atoms with Gasteiger partial charge in [-0.05, 0) is 65.2 Å². The number of anilines is 1. The summed E-state index contributed by atoms with van der Waals surface area (Å²) >= 11 is 6.26. The fraction of sp³-hybridized carbons (Fsp3) is 0.175. The Morgan fingerprint density at radius 3 is 2.20 bits per heavy atom. The van der Waals surface area contributed by atoms with E-state index < -0.39 is 0 Å². The number of rotatable bonds is 9. The number of fused-ring (bicyclic) bond motifs is 1. The van der Waals surface area contributed by atoms with E-state index in [0.717, 1.165) is 63.9 Å². The van der Waals surface area contributed by atoms with Crippen molar-refractivity contribution >= 4 is 34.1 Å². The summed E-state index contributed by atoms with van der Waals surface area (Å²) in [6.45, 7) is 3.64. The maximum absolute atomic E-state index is 14.1. The van der Waals surface area contributed by atoms with Crippen molar-refractivity contribution < 1.29 is 9.53 Å². The Morgan fingerprint density at radius 2 is 1.41 bits per heavy atom. The first-order chi connectivity index (χ1) is 22.6. The standard InChI is InChI=1S/C40H36ClN3O2/c41-32-14-10-15-33(26-32)42-21-23-43(24-22-42)40(45)27-37(31-13-9-18-35(25-31)46-34-16-5-2-6-17-34)38-29-44(28-30-11-3-1-4-12-30)39-20-8-7-19-36(38)39/h1-20,25-26,29,37H,21-24,27-28H2. The van der Waals surface area contributed by atoms with Crippen LogP contribution in [0.4, 0.5) is 5.69 Å². The lowest BCUT2D eigenvalue weighted by atomic mass is 9.87. The predicted octanol–water partition coefficient (Wildman–Crippen LogP) is 9.01. The van der Waals surface area contributed by atoms with Gasteiger partial charge < -0.3 is 19.1 Å². The minimum atomic E-state index is -0.153. The van der Waals surface area contributed by atoms with Crippen molar-refractivity contribution in [2.24, 2.45) is 0 Å². The van der Waals surface area contributed by atoms with Gasteiger partial charge in [0.1, 0.15) is 11.5 Å². The van der Waals surface area contributed by atoms with E-state index in [1.54, 1.807) is 0 Å². The zero-order valence-corrected chi connectivity index (χ0v) is 26.4. The first-order valence-electron chi connectivity index (χ1n) is 15.8. The van der Waals surface area contributed by atoms with Crippen molar-refractivity contribution in [3.05, 3.63) is 161 Å². The summed E-state index contributed by atoms with van der Waals surface area (Å²) in [5, 5.41) is 1.89. The molecule has 2 heterocycles. The Bertz CT molecular complexity index is 1930. The van der Waals surface area contributed by atoms with Crippen molar-refractivity contribution in [2.45, 2.75) is 18.9 Å². The van der Waals surface area contributed by atoms with Gasteiger partial charge in [0.15, 0.2) is 0 Å². The van der Waals surface area contributed by atoms with Gasteiger partial charge in [-0.2, -0.15) is 0 Å². The van der Waals surface area contributed by atoms with E-state index in [0.29, 0.717) is 19.5 Å². The summed E-state index contributed by atoms with van der Waals surface area (Å²) in [6, 6.07) is 45.0. The molecule has 0 spiro atoms. The maximum atomic E-state index is 14.1. The van der Waals surface area contributed by atoms with E-state index in [1.165, 1.54) is 5.56 Å². The second-order valence-electron chi connectivity index (χ2n) is 11.8. The molecule has 1 fully saturated rings. The van der Waals surface area contributed by atoms with Gasteiger partial charge in [-0.1, -0.05) is 96.5 Å². The van der Waals surface area contributed by atoms with Gasteiger partial charge >= 0.3 is 0 Å². The largest absolute Gasteiger partial charge is 0.457 e. The Morgan fingerprint density at radius 1 is 0.717 bits per heavy atom. The number of para-hydroxylation sites is 2. The molecule has 1 atom stereocenters. The highest BCUT2D eigenvalue weighted by Crippen LogP contribution is 2.37. The molecule has 0 N–H and O–H groups in total. The number of carbonyl (C=O) groups is 1. The quantitative estimate of drug-likeness (QED) is 0.161. The number of benzene rings is 5. The molecular formula is C40H36ClN3O2. The van der Waals surface area contributed by atoms with Gasteiger partial charge in [0.25, 0.3) is 0 Å². The third kappa shape index (κ3) is 6.65. The number of nitrogens with zero attached hydrogens (tertiary/aromatic N) is 3. The van der Waals surface area contributed by atoms with Gasteiger partial charge in [-0.3, -0.25) is 4.79 Å². The van der Waals surface area contributed by atoms with Gasteiger partial charge in [0.2, 0.25) is 5.91 Å².